The van der Waals surface area contributed by atoms with E-state index in [1.807, 2.05) is 0 Å². The largest absolute Gasteiger partial charge is 1.00 e. The Labute approximate surface area is 222 Å². The van der Waals surface area contributed by atoms with Crippen molar-refractivity contribution in [2.45, 2.75) is 6.42 Å². The van der Waals surface area contributed by atoms with Gasteiger partial charge in [-0.15, -0.1) is 0 Å². The topological polar surface area (TPSA) is 17.1 Å². The van der Waals surface area contributed by atoms with Crippen molar-refractivity contribution < 1.29 is 29.6 Å². The van der Waals surface area contributed by atoms with E-state index in [9.17, 15) is 4.79 Å². The highest BCUT2D eigenvalue weighted by Crippen LogP contribution is 2.64. The molecule has 0 amide bonds. The lowest BCUT2D eigenvalue weighted by Crippen LogP contribution is -3.00. The number of carbonyl (C=O) groups is 1. The summed E-state index contributed by atoms with van der Waals surface area (Å²) < 4.78 is 0. The van der Waals surface area contributed by atoms with Gasteiger partial charge in [-0.1, -0.05) is 72.8 Å². The van der Waals surface area contributed by atoms with Crippen molar-refractivity contribution in [1.82, 2.24) is 0 Å². The Balaban J connectivity index is 0.00000171. The summed E-state index contributed by atoms with van der Waals surface area (Å²) in [5, 5.41) is 5.48. The summed E-state index contributed by atoms with van der Waals surface area (Å²) in [6.07, 6.45) is 4.66. The molecule has 0 unspecified atom stereocenters. The molecule has 1 fully saturated rings. The van der Waals surface area contributed by atoms with Crippen LogP contribution in [0.25, 0.3) is 0 Å². The van der Waals surface area contributed by atoms with Crippen molar-refractivity contribution in [3.05, 3.63) is 121 Å². The van der Waals surface area contributed by atoms with Crippen LogP contribution in [0.15, 0.2) is 121 Å². The van der Waals surface area contributed by atoms with Gasteiger partial charge in [-0.2, -0.15) is 0 Å². The van der Waals surface area contributed by atoms with Gasteiger partial charge in [-0.25, -0.2) is 0 Å². The number of rotatable bonds is 4. The van der Waals surface area contributed by atoms with Crippen molar-refractivity contribution in [2.24, 2.45) is 0 Å². The molecule has 1 saturated heterocycles. The van der Waals surface area contributed by atoms with Gasteiger partial charge in [-0.05, 0) is 48.5 Å². The molecule has 1 aliphatic heterocycles. The van der Waals surface area contributed by atoms with Gasteiger partial charge in [0.1, 0.15) is 12.3 Å². The molecule has 1 aliphatic rings. The number of hydrogen-bond acceptors (Lipinski definition) is 1. The number of ketones is 1. The number of halogens is 2. The molecule has 5 heteroatoms. The Morgan fingerprint density at radius 2 is 0.686 bits per heavy atom. The molecule has 0 aromatic heterocycles. The van der Waals surface area contributed by atoms with E-state index >= 15 is 0 Å². The van der Waals surface area contributed by atoms with Gasteiger partial charge < -0.3 is 24.8 Å². The lowest BCUT2D eigenvalue weighted by Gasteiger charge is -2.33. The second kappa shape index (κ2) is 12.3. The average Bonchev–Trinajstić information content (AvgIpc) is 2.88. The maximum absolute atomic E-state index is 14.0. The van der Waals surface area contributed by atoms with Crippen molar-refractivity contribution in [2.75, 3.05) is 24.6 Å². The molecule has 4 aromatic rings. The quantitative estimate of drug-likeness (QED) is 0.314. The zero-order valence-electron chi connectivity index (χ0n) is 19.6. The lowest BCUT2D eigenvalue weighted by molar-refractivity contribution is -0.114. The van der Waals surface area contributed by atoms with Gasteiger partial charge >= 0.3 is 0 Å². The summed E-state index contributed by atoms with van der Waals surface area (Å²) in [6, 6.07) is 43.4. The van der Waals surface area contributed by atoms with Crippen LogP contribution < -0.4 is 46.0 Å². The Morgan fingerprint density at radius 1 is 0.429 bits per heavy atom. The SMILES string of the molecule is O=C1C[P+](c2ccccc2)(c2ccccc2)CCC[P+](c2ccccc2)(c2ccccc2)C1.[Cl-].[Cl-]. The highest BCUT2D eigenvalue weighted by molar-refractivity contribution is 7.92. The van der Waals surface area contributed by atoms with Crippen molar-refractivity contribution in [3.63, 3.8) is 0 Å². The van der Waals surface area contributed by atoms with E-state index in [2.05, 4.69) is 121 Å². The van der Waals surface area contributed by atoms with Gasteiger partial charge in [-0.3, -0.25) is 4.79 Å². The van der Waals surface area contributed by atoms with Gasteiger partial charge in [0, 0.05) is 6.42 Å². The number of carbonyl (C=O) groups excluding carboxylic acids is 1. The summed E-state index contributed by atoms with van der Waals surface area (Å²) in [4.78, 5) is 14.0. The standard InChI is InChI=1S/C30H30OP2.2ClH/c31-26-24-32(27-14-5-1-6-15-27,28-16-7-2-8-17-28)22-13-23-33(25-26,29-18-9-3-10-19-29)30-20-11-4-12-21-30;;/h1-12,14-21H,13,22-25H2;2*1H/q+2;;/p-2. The molecule has 0 atom stereocenters. The monoisotopic (exact) mass is 538 g/mol. The predicted octanol–water partition coefficient (Wildman–Crippen LogP) is -0.696. The Morgan fingerprint density at radius 3 is 0.943 bits per heavy atom. The molecule has 1 heterocycles. The second-order valence-electron chi connectivity index (χ2n) is 8.93. The Kier molecular flexibility index (Phi) is 9.69. The van der Waals surface area contributed by atoms with Crippen LogP contribution in [-0.2, 0) is 4.79 Å². The van der Waals surface area contributed by atoms with E-state index in [1.165, 1.54) is 21.2 Å². The van der Waals surface area contributed by atoms with E-state index < -0.39 is 14.5 Å². The first kappa shape index (κ1) is 27.6. The van der Waals surface area contributed by atoms with Crippen LogP contribution in [-0.4, -0.2) is 30.4 Å². The van der Waals surface area contributed by atoms with Gasteiger partial charge in [0.05, 0.1) is 48.1 Å². The van der Waals surface area contributed by atoms with Crippen LogP contribution in [0.4, 0.5) is 0 Å². The molecule has 0 saturated carbocycles. The van der Waals surface area contributed by atoms with Crippen molar-refractivity contribution in [3.8, 4) is 0 Å². The lowest BCUT2D eigenvalue weighted by atomic mass is 10.4. The Hall–Kier alpha value is -2.01. The summed E-state index contributed by atoms with van der Waals surface area (Å²) in [5.41, 5.74) is 0. The smallest absolute Gasteiger partial charge is 0.208 e. The fraction of sp³-hybridized carbons (Fsp3) is 0.167. The van der Waals surface area contributed by atoms with Crippen molar-refractivity contribution in [1.29, 1.82) is 0 Å². The van der Waals surface area contributed by atoms with Crippen LogP contribution in [0.1, 0.15) is 6.42 Å². The third-order valence-corrected chi connectivity index (χ3v) is 16.1. The average molecular weight is 539 g/mol. The summed E-state index contributed by atoms with van der Waals surface area (Å²) in [5.74, 6) is 0.428. The van der Waals surface area contributed by atoms with E-state index in [1.54, 1.807) is 0 Å². The van der Waals surface area contributed by atoms with Gasteiger partial charge in [0.15, 0.2) is 0 Å². The minimum absolute atomic E-state index is 0. The molecule has 0 N–H and O–H groups in total. The molecule has 35 heavy (non-hydrogen) atoms. The van der Waals surface area contributed by atoms with Crippen LogP contribution >= 0.6 is 14.5 Å². The first-order chi connectivity index (χ1) is 16.2. The summed E-state index contributed by atoms with van der Waals surface area (Å²) in [7, 11) is -3.59. The third-order valence-electron chi connectivity index (χ3n) is 6.97. The summed E-state index contributed by atoms with van der Waals surface area (Å²) >= 11 is 0. The molecule has 0 radical (unpaired) electrons. The minimum atomic E-state index is -1.79. The third kappa shape index (κ3) is 5.55. The maximum Gasteiger partial charge on any atom is 0.208 e. The normalized spacial score (nSPS) is 16.6. The first-order valence-corrected chi connectivity index (χ1v) is 16.0. The second-order valence-corrected chi connectivity index (χ2v) is 16.4. The first-order valence-electron chi connectivity index (χ1n) is 11.7. The molecule has 0 spiro atoms. The van der Waals surface area contributed by atoms with E-state index in [0.717, 1.165) is 18.7 Å². The Bertz CT molecular complexity index is 1030. The van der Waals surface area contributed by atoms with Gasteiger partial charge in [0.25, 0.3) is 0 Å². The molecule has 0 bridgehead atoms. The van der Waals surface area contributed by atoms with Crippen molar-refractivity contribution >= 4 is 41.5 Å². The molecule has 5 rings (SSSR count). The van der Waals surface area contributed by atoms with E-state index in [4.69, 9.17) is 0 Å². The molecule has 1 nitrogen and oxygen atoms in total. The van der Waals surface area contributed by atoms with E-state index in [0.29, 0.717) is 18.1 Å². The summed E-state index contributed by atoms with van der Waals surface area (Å²) in [6.45, 7) is 0. The van der Waals surface area contributed by atoms with Crippen LogP contribution in [0, 0.1) is 0 Å². The molecule has 180 valence electrons. The number of Topliss-reactive ketones (excluding diaryl/α,β-unsaturated/α-hetero) is 1. The molecular formula is C30H30Cl2OP2. The fourth-order valence-corrected chi connectivity index (χ4v) is 14.4. The predicted molar refractivity (Wildman–Crippen MR) is 147 cm³/mol. The van der Waals surface area contributed by atoms with Crippen LogP contribution in [0.5, 0.6) is 0 Å². The van der Waals surface area contributed by atoms with Crippen LogP contribution in [0.2, 0.25) is 0 Å². The fourth-order valence-electron chi connectivity index (χ4n) is 5.45. The zero-order valence-corrected chi connectivity index (χ0v) is 22.9. The van der Waals surface area contributed by atoms with E-state index in [-0.39, 0.29) is 24.8 Å². The zero-order chi connectivity index (χ0) is 22.6. The molecule has 0 aliphatic carbocycles. The van der Waals surface area contributed by atoms with Crippen LogP contribution in [0.3, 0.4) is 0 Å². The minimum Gasteiger partial charge on any atom is -1.00 e. The number of benzene rings is 4. The molecular weight excluding hydrogens is 509 g/mol. The highest BCUT2D eigenvalue weighted by atomic mass is 35.5. The van der Waals surface area contributed by atoms with Gasteiger partial charge in [0.2, 0.25) is 5.78 Å². The maximum atomic E-state index is 14.0. The number of hydrogen-bond donors (Lipinski definition) is 0. The highest BCUT2D eigenvalue weighted by Gasteiger charge is 2.52. The molecule has 4 aromatic carbocycles.